The minimum atomic E-state index is -0.435. The molecule has 2 atom stereocenters. The summed E-state index contributed by atoms with van der Waals surface area (Å²) in [7, 11) is 0. The number of rotatable bonds is 1. The maximum Gasteiger partial charge on any atom is 0.163 e. The van der Waals surface area contributed by atoms with E-state index in [4.69, 9.17) is 9.47 Å². The molecular formula is C20H20O4. The van der Waals surface area contributed by atoms with Crippen molar-refractivity contribution in [2.24, 2.45) is 5.92 Å². The topological polar surface area (TPSA) is 55.8 Å². The summed E-state index contributed by atoms with van der Waals surface area (Å²) in [4.78, 5) is 11.9. The number of hydrogen-bond acceptors (Lipinski definition) is 4. The van der Waals surface area contributed by atoms with Crippen LogP contribution in [0.2, 0.25) is 0 Å². The van der Waals surface area contributed by atoms with Crippen molar-refractivity contribution < 1.29 is 19.4 Å². The quantitative estimate of drug-likeness (QED) is 0.808. The lowest BCUT2D eigenvalue weighted by Gasteiger charge is -2.47. The van der Waals surface area contributed by atoms with E-state index in [-0.39, 0.29) is 23.4 Å². The van der Waals surface area contributed by atoms with E-state index in [1.54, 1.807) is 12.1 Å². The first kappa shape index (κ1) is 15.1. The first-order chi connectivity index (χ1) is 11.4. The van der Waals surface area contributed by atoms with Crippen LogP contribution in [0.5, 0.6) is 17.2 Å². The van der Waals surface area contributed by atoms with Gasteiger partial charge in [-0.05, 0) is 39.0 Å². The van der Waals surface area contributed by atoms with Crippen molar-refractivity contribution in [3.8, 4) is 17.2 Å². The Morgan fingerprint density at radius 1 is 1.17 bits per heavy atom. The first-order valence-corrected chi connectivity index (χ1v) is 8.17. The highest BCUT2D eigenvalue weighted by Gasteiger charge is 2.49. The van der Waals surface area contributed by atoms with Crippen molar-refractivity contribution in [3.63, 3.8) is 0 Å². The third kappa shape index (κ3) is 2.02. The smallest absolute Gasteiger partial charge is 0.163 e. The van der Waals surface area contributed by atoms with Crippen molar-refractivity contribution in [1.29, 1.82) is 0 Å². The van der Waals surface area contributed by atoms with Crippen molar-refractivity contribution in [3.05, 3.63) is 53.1 Å². The third-order valence-corrected chi connectivity index (χ3v) is 5.21. The number of aromatic hydroxyl groups is 1. The van der Waals surface area contributed by atoms with Crippen LogP contribution in [0, 0.1) is 5.92 Å². The molecule has 2 aromatic carbocycles. The van der Waals surface area contributed by atoms with Gasteiger partial charge in [0.1, 0.15) is 22.8 Å². The Bertz CT molecular complexity index is 838. The Morgan fingerprint density at radius 3 is 2.67 bits per heavy atom. The van der Waals surface area contributed by atoms with Crippen LogP contribution < -0.4 is 9.47 Å². The maximum atomic E-state index is 11.9. The van der Waals surface area contributed by atoms with Gasteiger partial charge < -0.3 is 14.6 Å². The molecule has 1 N–H and O–H groups in total. The molecule has 4 nitrogen and oxygen atoms in total. The summed E-state index contributed by atoms with van der Waals surface area (Å²) in [5, 5.41) is 10.8. The molecule has 0 amide bonds. The molecule has 4 rings (SSSR count). The molecule has 4 heteroatoms. The van der Waals surface area contributed by atoms with Crippen molar-refractivity contribution in [1.82, 2.24) is 0 Å². The zero-order chi connectivity index (χ0) is 17.1. The standard InChI is InChI=1S/C20H20O4/c1-11(21)12-8-9-16-18(19(12)22)17-13-6-4-5-7-15(13)23-10-14(17)20(2,3)24-16/h4-9,14,17,22H,10H2,1-3H3/t14-,17+/m1/s1. The molecule has 0 spiro atoms. The number of phenols is 1. The van der Waals surface area contributed by atoms with Crippen LogP contribution in [-0.2, 0) is 0 Å². The second-order valence-corrected chi connectivity index (χ2v) is 7.07. The highest BCUT2D eigenvalue weighted by atomic mass is 16.5. The van der Waals surface area contributed by atoms with Gasteiger partial charge in [0.2, 0.25) is 0 Å². The summed E-state index contributed by atoms with van der Waals surface area (Å²) in [5.74, 6) is 1.33. The number of carbonyl (C=O) groups excluding carboxylic acids is 1. The number of phenolic OH excluding ortho intramolecular Hbond substituents is 1. The van der Waals surface area contributed by atoms with Crippen LogP contribution in [0.15, 0.2) is 36.4 Å². The minimum absolute atomic E-state index is 0.0298. The molecule has 0 unspecified atom stereocenters. The fourth-order valence-electron chi connectivity index (χ4n) is 3.94. The van der Waals surface area contributed by atoms with E-state index in [1.165, 1.54) is 6.92 Å². The fourth-order valence-corrected chi connectivity index (χ4v) is 3.94. The summed E-state index contributed by atoms with van der Waals surface area (Å²) in [6.45, 7) is 6.06. The van der Waals surface area contributed by atoms with Gasteiger partial charge in [0, 0.05) is 23.0 Å². The molecule has 24 heavy (non-hydrogen) atoms. The predicted molar refractivity (Wildman–Crippen MR) is 90.1 cm³/mol. The number of fused-ring (bicyclic) bond motifs is 5. The van der Waals surface area contributed by atoms with Gasteiger partial charge in [-0.3, -0.25) is 4.79 Å². The van der Waals surface area contributed by atoms with Crippen LogP contribution in [0.25, 0.3) is 0 Å². The van der Waals surface area contributed by atoms with E-state index >= 15 is 0 Å². The SMILES string of the molecule is CC(=O)c1ccc2c(c1O)[C@H]1c3ccccc3OC[C@H]1C(C)(C)O2. The largest absolute Gasteiger partial charge is 0.507 e. The van der Waals surface area contributed by atoms with Gasteiger partial charge >= 0.3 is 0 Å². The van der Waals surface area contributed by atoms with E-state index in [9.17, 15) is 9.90 Å². The van der Waals surface area contributed by atoms with Gasteiger partial charge in [-0.2, -0.15) is 0 Å². The van der Waals surface area contributed by atoms with Crippen LogP contribution in [0.1, 0.15) is 48.2 Å². The lowest BCUT2D eigenvalue weighted by molar-refractivity contribution is -0.0144. The Kier molecular flexibility index (Phi) is 3.14. The van der Waals surface area contributed by atoms with Crippen LogP contribution >= 0.6 is 0 Å². The number of Topliss-reactive ketones (excluding diaryl/α,β-unsaturated/α-hetero) is 1. The fraction of sp³-hybridized carbons (Fsp3) is 0.350. The maximum absolute atomic E-state index is 11.9. The Morgan fingerprint density at radius 2 is 1.92 bits per heavy atom. The molecule has 124 valence electrons. The summed E-state index contributed by atoms with van der Waals surface area (Å²) in [6.07, 6.45) is 0. The molecule has 0 saturated heterocycles. The molecule has 0 aliphatic carbocycles. The van der Waals surface area contributed by atoms with E-state index < -0.39 is 5.60 Å². The zero-order valence-electron chi connectivity index (χ0n) is 14.0. The Balaban J connectivity index is 2.01. The van der Waals surface area contributed by atoms with E-state index in [2.05, 4.69) is 0 Å². The first-order valence-electron chi connectivity index (χ1n) is 8.17. The number of hydrogen-bond donors (Lipinski definition) is 1. The van der Waals surface area contributed by atoms with E-state index in [0.29, 0.717) is 23.5 Å². The van der Waals surface area contributed by atoms with Gasteiger partial charge in [-0.15, -0.1) is 0 Å². The van der Waals surface area contributed by atoms with Gasteiger partial charge in [0.25, 0.3) is 0 Å². The van der Waals surface area contributed by atoms with Crippen molar-refractivity contribution in [2.45, 2.75) is 32.3 Å². The average Bonchev–Trinajstić information content (AvgIpc) is 2.53. The summed E-state index contributed by atoms with van der Waals surface area (Å²) in [5.41, 5.74) is 1.62. The summed E-state index contributed by atoms with van der Waals surface area (Å²) < 4.78 is 12.1. The van der Waals surface area contributed by atoms with Crippen LogP contribution in [0.3, 0.4) is 0 Å². The van der Waals surface area contributed by atoms with E-state index in [0.717, 1.165) is 11.3 Å². The number of ether oxygens (including phenoxy) is 2. The molecule has 0 fully saturated rings. The molecule has 2 aliphatic heterocycles. The molecular weight excluding hydrogens is 304 g/mol. The van der Waals surface area contributed by atoms with E-state index in [1.807, 2.05) is 38.1 Å². The molecule has 2 aromatic rings. The van der Waals surface area contributed by atoms with Gasteiger partial charge in [0.05, 0.1) is 12.2 Å². The molecule has 0 bridgehead atoms. The van der Waals surface area contributed by atoms with Gasteiger partial charge in [-0.25, -0.2) is 0 Å². The number of carbonyl (C=O) groups is 1. The zero-order valence-corrected chi connectivity index (χ0v) is 14.0. The molecule has 0 saturated carbocycles. The number of ketones is 1. The number of benzene rings is 2. The molecule has 0 radical (unpaired) electrons. The van der Waals surface area contributed by atoms with Crippen LogP contribution in [0.4, 0.5) is 0 Å². The highest BCUT2D eigenvalue weighted by Crippen LogP contribution is 2.55. The predicted octanol–water partition coefficient (Wildman–Crippen LogP) is 3.91. The highest BCUT2D eigenvalue weighted by molar-refractivity contribution is 5.97. The van der Waals surface area contributed by atoms with Crippen molar-refractivity contribution in [2.75, 3.05) is 6.61 Å². The molecule has 0 aromatic heterocycles. The van der Waals surface area contributed by atoms with Gasteiger partial charge in [0.15, 0.2) is 5.78 Å². The summed E-state index contributed by atoms with van der Waals surface area (Å²) >= 11 is 0. The second kappa shape index (κ2) is 5.00. The summed E-state index contributed by atoms with van der Waals surface area (Å²) in [6, 6.07) is 11.3. The lowest BCUT2D eigenvalue weighted by atomic mass is 9.69. The molecule has 2 aliphatic rings. The Hall–Kier alpha value is -2.49. The monoisotopic (exact) mass is 324 g/mol. The number of para-hydroxylation sites is 1. The normalized spacial score (nSPS) is 23.1. The van der Waals surface area contributed by atoms with Crippen molar-refractivity contribution >= 4 is 5.78 Å². The second-order valence-electron chi connectivity index (χ2n) is 7.07. The molecule has 2 heterocycles. The average molecular weight is 324 g/mol. The third-order valence-electron chi connectivity index (χ3n) is 5.21. The minimum Gasteiger partial charge on any atom is -0.507 e. The van der Waals surface area contributed by atoms with Crippen LogP contribution in [-0.4, -0.2) is 23.1 Å². The lowest BCUT2D eigenvalue weighted by Crippen LogP contribution is -2.49. The Labute approximate surface area is 141 Å². The van der Waals surface area contributed by atoms with Gasteiger partial charge in [-0.1, -0.05) is 18.2 Å².